The van der Waals surface area contributed by atoms with Crippen LogP contribution in [0.2, 0.25) is 0 Å². The van der Waals surface area contributed by atoms with E-state index in [1.165, 1.54) is 7.11 Å². The fourth-order valence-electron chi connectivity index (χ4n) is 2.12. The van der Waals surface area contributed by atoms with Crippen molar-refractivity contribution in [2.24, 2.45) is 5.73 Å². The van der Waals surface area contributed by atoms with Gasteiger partial charge in [-0.3, -0.25) is 4.79 Å². The van der Waals surface area contributed by atoms with E-state index in [-0.39, 0.29) is 6.04 Å². The van der Waals surface area contributed by atoms with Gasteiger partial charge in [0, 0.05) is 23.1 Å². The Morgan fingerprint density at radius 2 is 2.00 bits per heavy atom. The van der Waals surface area contributed by atoms with Crippen LogP contribution in [0.15, 0.2) is 24.4 Å². The second-order valence-corrected chi connectivity index (χ2v) is 4.63. The normalized spacial score (nSPS) is 10.9. The fourth-order valence-corrected chi connectivity index (χ4v) is 2.12. The largest absolute Gasteiger partial charge is 0.465 e. The first kappa shape index (κ1) is 13.1. The van der Waals surface area contributed by atoms with Crippen LogP contribution in [0.1, 0.15) is 40.6 Å². The molecule has 2 rings (SSSR count). The van der Waals surface area contributed by atoms with E-state index in [9.17, 15) is 9.59 Å². The van der Waals surface area contributed by atoms with Gasteiger partial charge < -0.3 is 15.0 Å². The molecule has 5 nitrogen and oxygen atoms in total. The van der Waals surface area contributed by atoms with Gasteiger partial charge in [-0.25, -0.2) is 4.79 Å². The second kappa shape index (κ2) is 4.76. The molecule has 0 bridgehead atoms. The molecule has 0 fully saturated rings. The molecule has 0 saturated heterocycles. The minimum atomic E-state index is -0.508. The Kier molecular flexibility index (Phi) is 3.29. The molecule has 2 aromatic rings. The summed E-state index contributed by atoms with van der Waals surface area (Å²) in [4.78, 5) is 23.0. The number of nitrogens with two attached hydrogens (primary N) is 1. The van der Waals surface area contributed by atoms with Crippen LogP contribution in [-0.4, -0.2) is 23.6 Å². The number of rotatable bonds is 3. The summed E-state index contributed by atoms with van der Waals surface area (Å²) in [5.41, 5.74) is 7.07. The number of methoxy groups -OCH3 is 1. The topological polar surface area (TPSA) is 74.3 Å². The number of esters is 1. The van der Waals surface area contributed by atoms with Gasteiger partial charge in [0.05, 0.1) is 18.2 Å². The summed E-state index contributed by atoms with van der Waals surface area (Å²) in [6.45, 7) is 4.02. The van der Waals surface area contributed by atoms with E-state index in [1.807, 2.05) is 18.4 Å². The van der Waals surface area contributed by atoms with Crippen LogP contribution in [0.25, 0.3) is 10.9 Å². The molecule has 0 spiro atoms. The minimum Gasteiger partial charge on any atom is -0.465 e. The lowest BCUT2D eigenvalue weighted by Gasteiger charge is -2.09. The Labute approximate surface area is 110 Å². The predicted octanol–water partition coefficient (Wildman–Crippen LogP) is 2.11. The molecule has 0 aliphatic carbocycles. The highest BCUT2D eigenvalue weighted by Gasteiger charge is 2.16. The van der Waals surface area contributed by atoms with Crippen LogP contribution >= 0.6 is 0 Å². The van der Waals surface area contributed by atoms with Crippen LogP contribution in [0, 0.1) is 0 Å². The van der Waals surface area contributed by atoms with Crippen LogP contribution < -0.4 is 5.73 Å². The number of nitrogens with zero attached hydrogens (tertiary/aromatic N) is 1. The molecular weight excluding hydrogens is 244 g/mol. The number of amides is 1. The lowest BCUT2D eigenvalue weighted by Crippen LogP contribution is -2.10. The zero-order chi connectivity index (χ0) is 14.2. The first-order valence-electron chi connectivity index (χ1n) is 5.98. The number of ether oxygens (including phenoxy) is 1. The molecule has 0 radical (unpaired) electrons. The van der Waals surface area contributed by atoms with Crippen molar-refractivity contribution >= 4 is 22.8 Å². The summed E-state index contributed by atoms with van der Waals surface area (Å²) >= 11 is 0. The quantitative estimate of drug-likeness (QED) is 0.859. The first-order valence-corrected chi connectivity index (χ1v) is 5.98. The summed E-state index contributed by atoms with van der Waals surface area (Å²) in [7, 11) is 1.32. The average Bonchev–Trinajstić information content (AvgIpc) is 2.76. The number of primary amides is 1. The van der Waals surface area contributed by atoms with Crippen molar-refractivity contribution in [3.05, 3.63) is 35.5 Å². The van der Waals surface area contributed by atoms with Crippen LogP contribution in [0.4, 0.5) is 0 Å². The molecule has 1 aromatic carbocycles. The molecular formula is C14H16N2O3. The van der Waals surface area contributed by atoms with E-state index in [1.54, 1.807) is 24.4 Å². The Bertz CT molecular complexity index is 656. The highest BCUT2D eigenvalue weighted by Crippen LogP contribution is 2.26. The number of fused-ring (bicyclic) bond motifs is 1. The zero-order valence-electron chi connectivity index (χ0n) is 11.1. The van der Waals surface area contributed by atoms with Gasteiger partial charge in [0.25, 0.3) is 5.91 Å². The Balaban J connectivity index is 2.73. The average molecular weight is 260 g/mol. The highest BCUT2D eigenvalue weighted by atomic mass is 16.5. The molecule has 1 amide bonds. The third-order valence-electron chi connectivity index (χ3n) is 3.08. The van der Waals surface area contributed by atoms with Gasteiger partial charge >= 0.3 is 5.97 Å². The van der Waals surface area contributed by atoms with E-state index in [2.05, 4.69) is 4.74 Å². The van der Waals surface area contributed by atoms with Crippen LogP contribution in [0.3, 0.4) is 0 Å². The van der Waals surface area contributed by atoms with Crippen LogP contribution in [0.5, 0.6) is 0 Å². The molecule has 1 heterocycles. The molecule has 2 N–H and O–H groups in total. The summed E-state index contributed by atoms with van der Waals surface area (Å²) in [6.07, 6.45) is 1.72. The summed E-state index contributed by atoms with van der Waals surface area (Å²) in [5, 5.41) is 0.670. The van der Waals surface area contributed by atoms with E-state index in [4.69, 9.17) is 5.73 Å². The number of hydrogen-bond donors (Lipinski definition) is 1. The maximum absolute atomic E-state index is 11.5. The van der Waals surface area contributed by atoms with Crippen molar-refractivity contribution in [1.82, 2.24) is 4.57 Å². The molecule has 0 saturated carbocycles. The maximum atomic E-state index is 11.5. The maximum Gasteiger partial charge on any atom is 0.337 e. The minimum absolute atomic E-state index is 0.194. The predicted molar refractivity (Wildman–Crippen MR) is 72.2 cm³/mol. The van der Waals surface area contributed by atoms with Crippen molar-refractivity contribution in [3.8, 4) is 0 Å². The van der Waals surface area contributed by atoms with Gasteiger partial charge in [0.15, 0.2) is 0 Å². The third kappa shape index (κ3) is 2.19. The van der Waals surface area contributed by atoms with Crippen LogP contribution in [-0.2, 0) is 4.74 Å². The van der Waals surface area contributed by atoms with Gasteiger partial charge in [-0.2, -0.15) is 0 Å². The SMILES string of the molecule is COC(=O)c1ccc2c(c1)c(C(N)=O)cn2C(C)C. The molecule has 0 unspecified atom stereocenters. The number of carbonyl (C=O) groups excluding carboxylic acids is 2. The molecule has 5 heteroatoms. The lowest BCUT2D eigenvalue weighted by atomic mass is 10.1. The smallest absolute Gasteiger partial charge is 0.337 e. The Morgan fingerprint density at radius 3 is 2.53 bits per heavy atom. The monoisotopic (exact) mass is 260 g/mol. The van der Waals surface area contributed by atoms with Gasteiger partial charge in [-0.05, 0) is 32.0 Å². The second-order valence-electron chi connectivity index (χ2n) is 4.63. The highest BCUT2D eigenvalue weighted by molar-refractivity contribution is 6.08. The van der Waals surface area contributed by atoms with Gasteiger partial charge in [-0.15, -0.1) is 0 Å². The van der Waals surface area contributed by atoms with Gasteiger partial charge in [0.1, 0.15) is 0 Å². The molecule has 1 aromatic heterocycles. The zero-order valence-corrected chi connectivity index (χ0v) is 11.1. The summed E-state index contributed by atoms with van der Waals surface area (Å²) < 4.78 is 6.63. The summed E-state index contributed by atoms with van der Waals surface area (Å²) in [5.74, 6) is -0.943. The molecule has 0 aliphatic heterocycles. The van der Waals surface area contributed by atoms with E-state index in [0.29, 0.717) is 16.5 Å². The molecule has 0 aliphatic rings. The van der Waals surface area contributed by atoms with E-state index < -0.39 is 11.9 Å². The van der Waals surface area contributed by atoms with Crippen molar-refractivity contribution < 1.29 is 14.3 Å². The first-order chi connectivity index (χ1) is 8.95. The molecule has 19 heavy (non-hydrogen) atoms. The Hall–Kier alpha value is -2.30. The van der Waals surface area contributed by atoms with Gasteiger partial charge in [-0.1, -0.05) is 0 Å². The number of aromatic nitrogens is 1. The van der Waals surface area contributed by atoms with Crippen molar-refractivity contribution in [2.45, 2.75) is 19.9 Å². The van der Waals surface area contributed by atoms with E-state index >= 15 is 0 Å². The lowest BCUT2D eigenvalue weighted by molar-refractivity contribution is 0.0600. The molecule has 100 valence electrons. The number of hydrogen-bond acceptors (Lipinski definition) is 3. The molecule has 0 atom stereocenters. The Morgan fingerprint density at radius 1 is 1.32 bits per heavy atom. The summed E-state index contributed by atoms with van der Waals surface area (Å²) in [6, 6.07) is 5.31. The standard InChI is InChI=1S/C14H16N2O3/c1-8(2)16-7-11(13(15)17)10-6-9(14(18)19-3)4-5-12(10)16/h4-8H,1-3H3,(H2,15,17). The number of carbonyl (C=O) groups is 2. The van der Waals surface area contributed by atoms with Crippen molar-refractivity contribution in [3.63, 3.8) is 0 Å². The third-order valence-corrected chi connectivity index (χ3v) is 3.08. The number of benzene rings is 1. The van der Waals surface area contributed by atoms with Crippen molar-refractivity contribution in [2.75, 3.05) is 7.11 Å². The van der Waals surface area contributed by atoms with Gasteiger partial charge in [0.2, 0.25) is 0 Å². The fraction of sp³-hybridized carbons (Fsp3) is 0.286. The van der Waals surface area contributed by atoms with Crippen molar-refractivity contribution in [1.29, 1.82) is 0 Å². The van der Waals surface area contributed by atoms with E-state index in [0.717, 1.165) is 5.52 Å².